The summed E-state index contributed by atoms with van der Waals surface area (Å²) in [7, 11) is 0. The van der Waals surface area contributed by atoms with Gasteiger partial charge in [-0.1, -0.05) is 359 Å². The van der Waals surface area contributed by atoms with Crippen LogP contribution in [0.2, 0.25) is 0 Å². The Balaban J connectivity index is 3.39. The lowest BCUT2D eigenvalue weighted by atomic mass is 10.0. The van der Waals surface area contributed by atoms with E-state index < -0.39 is 12.1 Å². The molecule has 6 heteroatoms. The summed E-state index contributed by atoms with van der Waals surface area (Å²) in [4.78, 5) is 24.7. The summed E-state index contributed by atoms with van der Waals surface area (Å²) < 4.78 is 5.51. The summed E-state index contributed by atoms with van der Waals surface area (Å²) in [6.45, 7) is 4.99. The second-order valence-corrected chi connectivity index (χ2v) is 26.0. The van der Waals surface area contributed by atoms with Crippen LogP contribution in [0, 0.1) is 0 Å². The van der Waals surface area contributed by atoms with Crippen LogP contribution in [-0.2, 0) is 14.3 Å². The molecular formula is C76H147NO5. The lowest BCUT2D eigenvalue weighted by Gasteiger charge is -2.22. The van der Waals surface area contributed by atoms with Gasteiger partial charge >= 0.3 is 5.97 Å². The highest BCUT2D eigenvalue weighted by Crippen LogP contribution is 2.19. The van der Waals surface area contributed by atoms with Crippen LogP contribution < -0.4 is 5.32 Å². The molecule has 0 aliphatic carbocycles. The van der Waals surface area contributed by atoms with Gasteiger partial charge in [-0.2, -0.15) is 0 Å². The van der Waals surface area contributed by atoms with Crippen LogP contribution in [0.3, 0.4) is 0 Å². The zero-order chi connectivity index (χ0) is 59.2. The van der Waals surface area contributed by atoms with Gasteiger partial charge in [0, 0.05) is 12.8 Å². The third-order valence-corrected chi connectivity index (χ3v) is 17.7. The molecular weight excluding hydrogens is 1010 g/mol. The van der Waals surface area contributed by atoms with E-state index in [0.29, 0.717) is 25.9 Å². The van der Waals surface area contributed by atoms with E-state index in [0.717, 1.165) is 44.9 Å². The molecule has 2 atom stereocenters. The first-order valence-electron chi connectivity index (χ1n) is 37.6. The van der Waals surface area contributed by atoms with Gasteiger partial charge in [-0.15, -0.1) is 0 Å². The van der Waals surface area contributed by atoms with E-state index >= 15 is 0 Å². The number of carbonyl (C=O) groups is 2. The summed E-state index contributed by atoms with van der Waals surface area (Å²) in [5.41, 5.74) is 0. The molecule has 0 rings (SSSR count). The third-order valence-electron chi connectivity index (χ3n) is 17.7. The van der Waals surface area contributed by atoms with Gasteiger partial charge in [-0.3, -0.25) is 9.59 Å². The molecule has 486 valence electrons. The van der Waals surface area contributed by atoms with Crippen LogP contribution in [-0.4, -0.2) is 47.4 Å². The number of hydrogen-bond acceptors (Lipinski definition) is 5. The van der Waals surface area contributed by atoms with Gasteiger partial charge in [0.25, 0.3) is 0 Å². The average Bonchev–Trinajstić information content (AvgIpc) is 3.48. The topological polar surface area (TPSA) is 95.9 Å². The van der Waals surface area contributed by atoms with Gasteiger partial charge in [0.2, 0.25) is 5.91 Å². The van der Waals surface area contributed by atoms with Crippen LogP contribution >= 0.6 is 0 Å². The Morgan fingerprint density at radius 3 is 0.866 bits per heavy atom. The number of amides is 1. The van der Waals surface area contributed by atoms with Crippen molar-refractivity contribution in [3.05, 3.63) is 24.3 Å². The first-order chi connectivity index (χ1) is 40.5. The summed E-state index contributed by atoms with van der Waals surface area (Å²) in [6.07, 6.45) is 91.0. The molecule has 0 radical (unpaired) electrons. The van der Waals surface area contributed by atoms with Crippen LogP contribution in [0.25, 0.3) is 0 Å². The third kappa shape index (κ3) is 67.5. The number of rotatable bonds is 71. The number of unbranched alkanes of at least 4 members (excludes halogenated alkanes) is 56. The van der Waals surface area contributed by atoms with Crippen LogP contribution in [0.1, 0.15) is 425 Å². The number of carbonyl (C=O) groups excluding carboxylic acids is 2. The highest BCUT2D eigenvalue weighted by Gasteiger charge is 2.20. The van der Waals surface area contributed by atoms with Crippen molar-refractivity contribution in [2.24, 2.45) is 0 Å². The van der Waals surface area contributed by atoms with E-state index in [4.69, 9.17) is 4.74 Å². The molecule has 0 heterocycles. The highest BCUT2D eigenvalue weighted by atomic mass is 16.5. The molecule has 0 aromatic carbocycles. The van der Waals surface area contributed by atoms with E-state index in [1.54, 1.807) is 0 Å². The normalized spacial score (nSPS) is 12.6. The number of aliphatic hydroxyl groups excluding tert-OH is 2. The molecule has 82 heavy (non-hydrogen) atoms. The van der Waals surface area contributed by atoms with Crippen molar-refractivity contribution in [3.8, 4) is 0 Å². The van der Waals surface area contributed by atoms with Gasteiger partial charge < -0.3 is 20.3 Å². The number of ether oxygens (including phenoxy) is 1. The summed E-state index contributed by atoms with van der Waals surface area (Å²) in [6, 6.07) is -0.546. The standard InChI is InChI=1S/C76H147NO5/c1-3-5-7-9-11-13-15-17-19-21-23-24-27-30-33-36-40-44-48-52-56-60-64-68-74(79)73(72-78)77-75(80)69-65-61-57-53-49-45-41-37-34-31-28-25-26-29-32-35-39-43-47-51-55-59-63-67-71-82-76(81)70-66-62-58-54-50-46-42-38-22-20-18-16-14-12-10-8-6-4-2/h20,22,28,31,73-74,78-79H,3-19,21,23-27,29-30,32-72H2,1-2H3,(H,77,80)/b22-20-,31-28-. The van der Waals surface area contributed by atoms with Crippen molar-refractivity contribution in [1.82, 2.24) is 5.32 Å². The zero-order valence-electron chi connectivity index (χ0n) is 55.8. The van der Waals surface area contributed by atoms with Gasteiger partial charge in [-0.05, 0) is 77.0 Å². The van der Waals surface area contributed by atoms with Crippen LogP contribution in [0.15, 0.2) is 24.3 Å². The number of hydrogen-bond donors (Lipinski definition) is 3. The molecule has 1 amide bonds. The summed E-state index contributed by atoms with van der Waals surface area (Å²) >= 11 is 0. The minimum Gasteiger partial charge on any atom is -0.466 e. The van der Waals surface area contributed by atoms with Gasteiger partial charge in [0.1, 0.15) is 0 Å². The number of aliphatic hydroxyl groups is 2. The Labute approximate surface area is 513 Å². The number of nitrogens with one attached hydrogen (secondary N) is 1. The van der Waals surface area contributed by atoms with Gasteiger partial charge in [0.15, 0.2) is 0 Å². The molecule has 0 aliphatic heterocycles. The maximum Gasteiger partial charge on any atom is 0.305 e. The average molecular weight is 1160 g/mol. The van der Waals surface area contributed by atoms with Crippen molar-refractivity contribution in [3.63, 3.8) is 0 Å². The minimum atomic E-state index is -0.669. The minimum absolute atomic E-state index is 0.0108. The van der Waals surface area contributed by atoms with E-state index in [1.165, 1.54) is 347 Å². The lowest BCUT2D eigenvalue weighted by molar-refractivity contribution is -0.143. The zero-order valence-corrected chi connectivity index (χ0v) is 55.8. The Hall–Kier alpha value is -1.66. The van der Waals surface area contributed by atoms with Crippen molar-refractivity contribution < 1.29 is 24.5 Å². The van der Waals surface area contributed by atoms with Crippen LogP contribution in [0.5, 0.6) is 0 Å². The molecule has 0 bridgehead atoms. The second-order valence-electron chi connectivity index (χ2n) is 26.0. The van der Waals surface area contributed by atoms with Gasteiger partial charge in [0.05, 0.1) is 25.4 Å². The fraction of sp³-hybridized carbons (Fsp3) is 0.921. The molecule has 6 nitrogen and oxygen atoms in total. The van der Waals surface area contributed by atoms with Crippen LogP contribution in [0.4, 0.5) is 0 Å². The van der Waals surface area contributed by atoms with Crippen molar-refractivity contribution in [2.75, 3.05) is 13.2 Å². The summed E-state index contributed by atoms with van der Waals surface area (Å²) in [5, 5.41) is 23.4. The Morgan fingerprint density at radius 2 is 0.573 bits per heavy atom. The molecule has 0 saturated carbocycles. The Bertz CT molecular complexity index is 1280. The van der Waals surface area contributed by atoms with E-state index in [9.17, 15) is 19.8 Å². The SMILES string of the molecule is CCCCCCCCC/C=C\CCCCCCCCCC(=O)OCCCCCCCCCCCCCC/C=C\CCCCCCCCCCC(=O)NC(CO)C(O)CCCCCCCCCCCCCCCCCCCCCCCCC. The Morgan fingerprint density at radius 1 is 0.329 bits per heavy atom. The fourth-order valence-electron chi connectivity index (χ4n) is 12.0. The quantitative estimate of drug-likeness (QED) is 0.0320. The van der Waals surface area contributed by atoms with E-state index in [-0.39, 0.29) is 18.5 Å². The maximum atomic E-state index is 12.6. The first kappa shape index (κ1) is 80.3. The van der Waals surface area contributed by atoms with Crippen molar-refractivity contribution in [2.45, 2.75) is 437 Å². The molecule has 0 aromatic rings. The molecule has 0 fully saturated rings. The molecule has 0 spiro atoms. The largest absolute Gasteiger partial charge is 0.466 e. The first-order valence-corrected chi connectivity index (χ1v) is 37.6. The fourth-order valence-corrected chi connectivity index (χ4v) is 12.0. The molecule has 0 aromatic heterocycles. The molecule has 0 aliphatic rings. The summed E-state index contributed by atoms with van der Waals surface area (Å²) in [5.74, 6) is -0.0238. The molecule has 0 saturated heterocycles. The van der Waals surface area contributed by atoms with E-state index in [2.05, 4.69) is 43.5 Å². The van der Waals surface area contributed by atoms with Gasteiger partial charge in [-0.25, -0.2) is 0 Å². The number of esters is 1. The highest BCUT2D eigenvalue weighted by molar-refractivity contribution is 5.76. The predicted octanol–water partition coefficient (Wildman–Crippen LogP) is 24.5. The second kappa shape index (κ2) is 71.8. The molecule has 2 unspecified atom stereocenters. The lowest BCUT2D eigenvalue weighted by Crippen LogP contribution is -2.45. The van der Waals surface area contributed by atoms with Crippen molar-refractivity contribution >= 4 is 11.9 Å². The molecule has 3 N–H and O–H groups in total. The predicted molar refractivity (Wildman–Crippen MR) is 361 cm³/mol. The number of allylic oxidation sites excluding steroid dienone is 4. The Kier molecular flexibility index (Phi) is 70.4. The monoisotopic (exact) mass is 1150 g/mol. The van der Waals surface area contributed by atoms with E-state index in [1.807, 2.05) is 0 Å². The smallest absolute Gasteiger partial charge is 0.305 e. The maximum absolute atomic E-state index is 12.6. The van der Waals surface area contributed by atoms with Crippen molar-refractivity contribution in [1.29, 1.82) is 0 Å².